The predicted molar refractivity (Wildman–Crippen MR) is 73.7 cm³/mol. The van der Waals surface area contributed by atoms with Crippen LogP contribution in [-0.4, -0.2) is 41.1 Å². The molecule has 5 nitrogen and oxygen atoms in total. The fourth-order valence-electron chi connectivity index (χ4n) is 2.64. The summed E-state index contributed by atoms with van der Waals surface area (Å²) in [6, 6.07) is 7.27. The molecule has 1 aromatic rings. The maximum absolute atomic E-state index is 12.4. The zero-order valence-corrected chi connectivity index (χ0v) is 11.8. The van der Waals surface area contributed by atoms with Crippen molar-refractivity contribution in [2.24, 2.45) is 0 Å². The van der Waals surface area contributed by atoms with Gasteiger partial charge in [-0.3, -0.25) is 4.79 Å². The second-order valence-electron chi connectivity index (χ2n) is 5.26. The molecule has 1 aliphatic heterocycles. The number of benzene rings is 1. The second-order valence-corrected chi connectivity index (χ2v) is 5.26. The van der Waals surface area contributed by atoms with Gasteiger partial charge in [-0.2, -0.15) is 0 Å². The van der Waals surface area contributed by atoms with Crippen LogP contribution in [0.25, 0.3) is 0 Å². The molecule has 2 rings (SSSR count). The largest absolute Gasteiger partial charge is 0.497 e. The van der Waals surface area contributed by atoms with Crippen molar-refractivity contribution >= 4 is 11.9 Å². The molecular weight excluding hydrogens is 258 g/mol. The van der Waals surface area contributed by atoms with Gasteiger partial charge in [0.25, 0.3) is 0 Å². The molecule has 1 amide bonds. The summed E-state index contributed by atoms with van der Waals surface area (Å²) in [7, 11) is 1.57. The summed E-state index contributed by atoms with van der Waals surface area (Å²) in [6.45, 7) is 2.12. The lowest BCUT2D eigenvalue weighted by Crippen LogP contribution is -2.51. The molecular formula is C15H19NO4. The van der Waals surface area contributed by atoms with Crippen LogP contribution < -0.4 is 4.74 Å². The first-order chi connectivity index (χ1) is 9.47. The molecule has 0 bridgehead atoms. The molecule has 1 aliphatic rings. The third-order valence-corrected chi connectivity index (χ3v) is 3.89. The van der Waals surface area contributed by atoms with Crippen molar-refractivity contribution in [2.75, 3.05) is 13.7 Å². The van der Waals surface area contributed by atoms with Crippen molar-refractivity contribution in [2.45, 2.75) is 31.7 Å². The number of hydrogen-bond acceptors (Lipinski definition) is 3. The van der Waals surface area contributed by atoms with Gasteiger partial charge in [-0.05, 0) is 37.5 Å². The molecule has 0 saturated carbocycles. The van der Waals surface area contributed by atoms with E-state index >= 15 is 0 Å². The summed E-state index contributed by atoms with van der Waals surface area (Å²) >= 11 is 0. The van der Waals surface area contributed by atoms with E-state index in [1.165, 1.54) is 4.90 Å². The van der Waals surface area contributed by atoms with Crippen LogP contribution in [-0.2, 0) is 16.0 Å². The van der Waals surface area contributed by atoms with Crippen LogP contribution in [0.15, 0.2) is 24.3 Å². The topological polar surface area (TPSA) is 66.8 Å². The number of rotatable bonds is 4. The minimum Gasteiger partial charge on any atom is -0.497 e. The molecule has 0 aliphatic carbocycles. The van der Waals surface area contributed by atoms with Gasteiger partial charge in [0.1, 0.15) is 11.3 Å². The Labute approximate surface area is 118 Å². The summed E-state index contributed by atoms with van der Waals surface area (Å²) in [5.74, 6) is -0.396. The first-order valence-electron chi connectivity index (χ1n) is 6.64. The normalized spacial score (nSPS) is 21.8. The zero-order chi connectivity index (χ0) is 14.8. The van der Waals surface area contributed by atoms with Crippen molar-refractivity contribution < 1.29 is 19.4 Å². The molecule has 1 saturated heterocycles. The monoisotopic (exact) mass is 277 g/mol. The standard InChI is InChI=1S/C15H19NO4/c1-15(14(18)19)7-4-8-16(15)13(17)10-11-5-3-6-12(9-11)20-2/h3,5-6,9H,4,7-8,10H2,1-2H3,(H,18,19). The number of carboxylic acids is 1. The van der Waals surface area contributed by atoms with Gasteiger partial charge >= 0.3 is 5.97 Å². The summed E-state index contributed by atoms with van der Waals surface area (Å²) in [5.41, 5.74) is -0.246. The summed E-state index contributed by atoms with van der Waals surface area (Å²) in [6.07, 6.45) is 1.43. The van der Waals surface area contributed by atoms with Crippen molar-refractivity contribution in [3.8, 4) is 5.75 Å². The number of carboxylic acid groups (broad SMARTS) is 1. The molecule has 0 aromatic heterocycles. The molecule has 20 heavy (non-hydrogen) atoms. The summed E-state index contributed by atoms with van der Waals surface area (Å²) < 4.78 is 5.12. The van der Waals surface area contributed by atoms with Gasteiger partial charge in [0.05, 0.1) is 13.5 Å². The highest BCUT2D eigenvalue weighted by Gasteiger charge is 2.45. The van der Waals surface area contributed by atoms with Gasteiger partial charge in [0, 0.05) is 6.54 Å². The van der Waals surface area contributed by atoms with E-state index in [4.69, 9.17) is 4.74 Å². The van der Waals surface area contributed by atoms with Gasteiger partial charge in [-0.1, -0.05) is 12.1 Å². The van der Waals surface area contributed by atoms with E-state index < -0.39 is 11.5 Å². The van der Waals surface area contributed by atoms with Crippen LogP contribution in [0, 0.1) is 0 Å². The van der Waals surface area contributed by atoms with Gasteiger partial charge in [-0.25, -0.2) is 4.79 Å². The number of aliphatic carboxylic acids is 1. The lowest BCUT2D eigenvalue weighted by molar-refractivity contribution is -0.155. The van der Waals surface area contributed by atoms with Crippen molar-refractivity contribution in [3.05, 3.63) is 29.8 Å². The molecule has 1 fully saturated rings. The Balaban J connectivity index is 2.13. The minimum atomic E-state index is -1.07. The number of nitrogens with zero attached hydrogens (tertiary/aromatic N) is 1. The number of methoxy groups -OCH3 is 1. The fourth-order valence-corrected chi connectivity index (χ4v) is 2.64. The molecule has 1 aromatic carbocycles. The Kier molecular flexibility index (Phi) is 3.97. The number of ether oxygens (including phenoxy) is 1. The van der Waals surface area contributed by atoms with Gasteiger partial charge in [0.15, 0.2) is 0 Å². The highest BCUT2D eigenvalue weighted by molar-refractivity contribution is 5.88. The Hall–Kier alpha value is -2.04. The average Bonchev–Trinajstić information content (AvgIpc) is 2.82. The lowest BCUT2D eigenvalue weighted by atomic mass is 9.98. The molecule has 108 valence electrons. The quantitative estimate of drug-likeness (QED) is 0.909. The SMILES string of the molecule is COc1cccc(CC(=O)N2CCCC2(C)C(=O)O)c1. The molecule has 1 heterocycles. The van der Waals surface area contributed by atoms with E-state index in [-0.39, 0.29) is 12.3 Å². The number of likely N-dealkylation sites (tertiary alicyclic amines) is 1. The van der Waals surface area contributed by atoms with Crippen molar-refractivity contribution in [1.82, 2.24) is 4.90 Å². The van der Waals surface area contributed by atoms with E-state index in [9.17, 15) is 14.7 Å². The van der Waals surface area contributed by atoms with Crippen molar-refractivity contribution in [3.63, 3.8) is 0 Å². The number of amides is 1. The maximum atomic E-state index is 12.4. The maximum Gasteiger partial charge on any atom is 0.329 e. The van der Waals surface area contributed by atoms with Gasteiger partial charge in [-0.15, -0.1) is 0 Å². The smallest absolute Gasteiger partial charge is 0.329 e. The first-order valence-corrected chi connectivity index (χ1v) is 6.64. The molecule has 5 heteroatoms. The van der Waals surface area contributed by atoms with E-state index in [0.29, 0.717) is 18.7 Å². The van der Waals surface area contributed by atoms with Crippen molar-refractivity contribution in [1.29, 1.82) is 0 Å². The molecule has 1 unspecified atom stereocenters. The molecule has 1 atom stereocenters. The van der Waals surface area contributed by atoms with Gasteiger partial charge in [0.2, 0.25) is 5.91 Å². The van der Waals surface area contributed by atoms with E-state index in [1.54, 1.807) is 20.1 Å². The average molecular weight is 277 g/mol. The lowest BCUT2D eigenvalue weighted by Gasteiger charge is -2.31. The predicted octanol–water partition coefficient (Wildman–Crippen LogP) is 1.70. The Morgan fingerprint density at radius 1 is 1.45 bits per heavy atom. The molecule has 0 radical (unpaired) electrons. The highest BCUT2D eigenvalue weighted by Crippen LogP contribution is 2.30. The first kappa shape index (κ1) is 14.4. The third kappa shape index (κ3) is 2.61. The van der Waals surface area contributed by atoms with Crippen LogP contribution in [0.5, 0.6) is 5.75 Å². The third-order valence-electron chi connectivity index (χ3n) is 3.89. The zero-order valence-electron chi connectivity index (χ0n) is 11.8. The van der Waals surface area contributed by atoms with E-state index in [0.717, 1.165) is 12.0 Å². The second kappa shape index (κ2) is 5.53. The van der Waals surface area contributed by atoms with Crippen LogP contribution in [0.1, 0.15) is 25.3 Å². The minimum absolute atomic E-state index is 0.152. The van der Waals surface area contributed by atoms with Crippen LogP contribution in [0.3, 0.4) is 0 Å². The Morgan fingerprint density at radius 3 is 2.85 bits per heavy atom. The van der Waals surface area contributed by atoms with E-state index in [2.05, 4.69) is 0 Å². The highest BCUT2D eigenvalue weighted by atomic mass is 16.5. The molecule has 0 spiro atoms. The Bertz CT molecular complexity index is 528. The number of carbonyl (C=O) groups excluding carboxylic acids is 1. The fraction of sp³-hybridized carbons (Fsp3) is 0.467. The number of hydrogen-bond donors (Lipinski definition) is 1. The summed E-state index contributed by atoms with van der Waals surface area (Å²) in [4.78, 5) is 25.2. The number of carbonyl (C=O) groups is 2. The Morgan fingerprint density at radius 2 is 2.20 bits per heavy atom. The van der Waals surface area contributed by atoms with Crippen LogP contribution in [0.2, 0.25) is 0 Å². The summed E-state index contributed by atoms with van der Waals surface area (Å²) in [5, 5.41) is 9.33. The van der Waals surface area contributed by atoms with Gasteiger partial charge < -0.3 is 14.7 Å². The van der Waals surface area contributed by atoms with E-state index in [1.807, 2.05) is 18.2 Å². The van der Waals surface area contributed by atoms with Crippen LogP contribution in [0.4, 0.5) is 0 Å². The van der Waals surface area contributed by atoms with Crippen LogP contribution >= 0.6 is 0 Å². The molecule has 1 N–H and O–H groups in total.